The summed E-state index contributed by atoms with van der Waals surface area (Å²) in [6.45, 7) is 21.0. The molecule has 0 N–H and O–H groups in total. The number of para-hydroxylation sites is 2. The molecule has 266 valence electrons. The molecular formula is C50H47BN2O. The summed E-state index contributed by atoms with van der Waals surface area (Å²) in [5, 5.41) is 3.61. The minimum Gasteiger partial charge on any atom is -0.439 e. The lowest BCUT2D eigenvalue weighted by molar-refractivity contribution is 0.589. The van der Waals surface area contributed by atoms with E-state index < -0.39 is 0 Å². The molecule has 0 radical (unpaired) electrons. The first kappa shape index (κ1) is 33.1. The summed E-state index contributed by atoms with van der Waals surface area (Å²) in [6, 6.07) is 45.8. The van der Waals surface area contributed by atoms with E-state index in [-0.39, 0.29) is 23.0 Å². The first-order valence-corrected chi connectivity index (χ1v) is 19.5. The quantitative estimate of drug-likeness (QED) is 0.167. The van der Waals surface area contributed by atoms with Crippen LogP contribution in [0.3, 0.4) is 0 Å². The van der Waals surface area contributed by atoms with Gasteiger partial charge in [0.15, 0.2) is 0 Å². The molecule has 3 nitrogen and oxygen atoms in total. The molecule has 0 fully saturated rings. The van der Waals surface area contributed by atoms with Gasteiger partial charge >= 0.3 is 0 Å². The number of fused-ring (bicyclic) bond motifs is 9. The van der Waals surface area contributed by atoms with Crippen LogP contribution in [0.1, 0.15) is 79.0 Å². The Morgan fingerprint density at radius 3 is 1.87 bits per heavy atom. The van der Waals surface area contributed by atoms with Crippen LogP contribution in [0.5, 0.6) is 0 Å². The number of rotatable bonds is 2. The van der Waals surface area contributed by atoms with Gasteiger partial charge in [-0.15, -0.1) is 0 Å². The summed E-state index contributed by atoms with van der Waals surface area (Å²) in [6.07, 6.45) is 0. The summed E-state index contributed by atoms with van der Waals surface area (Å²) < 4.78 is 9.32. The van der Waals surface area contributed by atoms with Crippen molar-refractivity contribution in [2.75, 3.05) is 4.90 Å². The van der Waals surface area contributed by atoms with Gasteiger partial charge in [0.2, 0.25) is 5.71 Å². The molecule has 0 saturated carbocycles. The number of anilines is 3. The molecule has 4 heterocycles. The fourth-order valence-electron chi connectivity index (χ4n) is 9.11. The van der Waals surface area contributed by atoms with Gasteiger partial charge in [-0.25, -0.2) is 0 Å². The number of benzene rings is 6. The van der Waals surface area contributed by atoms with Crippen LogP contribution >= 0.6 is 0 Å². The van der Waals surface area contributed by atoms with Gasteiger partial charge in [-0.1, -0.05) is 147 Å². The topological polar surface area (TPSA) is 21.3 Å². The number of hydrogen-bond acceptors (Lipinski definition) is 2. The van der Waals surface area contributed by atoms with E-state index in [9.17, 15) is 0 Å². The van der Waals surface area contributed by atoms with E-state index in [0.29, 0.717) is 0 Å². The average molecular weight is 703 g/mol. The summed E-state index contributed by atoms with van der Waals surface area (Å²) in [7, 11) is 0. The van der Waals surface area contributed by atoms with Crippen molar-refractivity contribution < 1.29 is 4.42 Å². The molecule has 54 heavy (non-hydrogen) atoms. The molecule has 6 aromatic carbocycles. The lowest BCUT2D eigenvalue weighted by Crippen LogP contribution is -2.60. The third kappa shape index (κ3) is 4.68. The van der Waals surface area contributed by atoms with Gasteiger partial charge in [0.05, 0.1) is 16.6 Å². The Balaban J connectivity index is 1.39. The Kier molecular flexibility index (Phi) is 6.77. The van der Waals surface area contributed by atoms with Crippen molar-refractivity contribution in [1.29, 1.82) is 0 Å². The van der Waals surface area contributed by atoms with Crippen molar-refractivity contribution in [1.82, 2.24) is 4.57 Å². The monoisotopic (exact) mass is 702 g/mol. The zero-order chi connectivity index (χ0) is 37.5. The molecule has 0 amide bonds. The second-order valence-electron chi connectivity index (χ2n) is 18.7. The Morgan fingerprint density at radius 2 is 1.13 bits per heavy atom. The van der Waals surface area contributed by atoms with Crippen molar-refractivity contribution in [3.8, 4) is 16.8 Å². The highest BCUT2D eigenvalue weighted by molar-refractivity contribution is 7.00. The molecule has 0 unspecified atom stereocenters. The lowest BCUT2D eigenvalue weighted by atomic mass is 9.33. The molecule has 0 spiro atoms. The molecule has 4 heteroatoms. The molecule has 8 aromatic rings. The van der Waals surface area contributed by atoms with Gasteiger partial charge in [-0.2, -0.15) is 0 Å². The molecule has 2 aliphatic heterocycles. The molecule has 0 saturated heterocycles. The van der Waals surface area contributed by atoms with E-state index in [1.165, 1.54) is 88.6 Å². The third-order valence-corrected chi connectivity index (χ3v) is 12.1. The van der Waals surface area contributed by atoms with Gasteiger partial charge in [0.1, 0.15) is 5.58 Å². The van der Waals surface area contributed by atoms with E-state index >= 15 is 0 Å². The van der Waals surface area contributed by atoms with Crippen molar-refractivity contribution in [3.63, 3.8) is 0 Å². The van der Waals surface area contributed by atoms with E-state index in [0.717, 1.165) is 11.3 Å². The number of furan rings is 1. The maximum absolute atomic E-state index is 6.86. The summed E-state index contributed by atoms with van der Waals surface area (Å²) in [5.74, 6) is 0. The molecule has 2 aliphatic rings. The van der Waals surface area contributed by atoms with Crippen LogP contribution in [-0.2, 0) is 16.2 Å². The molecule has 0 atom stereocenters. The van der Waals surface area contributed by atoms with E-state index in [2.05, 4.69) is 193 Å². The number of aromatic nitrogens is 1. The second kappa shape index (κ2) is 11.0. The summed E-state index contributed by atoms with van der Waals surface area (Å²) >= 11 is 0. The van der Waals surface area contributed by atoms with Crippen molar-refractivity contribution in [2.45, 2.75) is 78.6 Å². The van der Waals surface area contributed by atoms with Crippen LogP contribution in [0, 0.1) is 0 Å². The van der Waals surface area contributed by atoms with Crippen LogP contribution in [-0.4, -0.2) is 11.3 Å². The lowest BCUT2D eigenvalue weighted by Gasteiger charge is -2.42. The highest BCUT2D eigenvalue weighted by Crippen LogP contribution is 2.48. The highest BCUT2D eigenvalue weighted by Gasteiger charge is 2.44. The van der Waals surface area contributed by atoms with Crippen LogP contribution in [0.25, 0.3) is 49.8 Å². The highest BCUT2D eigenvalue weighted by atomic mass is 16.3. The van der Waals surface area contributed by atoms with Gasteiger partial charge in [-0.3, -0.25) is 4.57 Å². The molecular weight excluding hydrogens is 655 g/mol. The first-order valence-electron chi connectivity index (χ1n) is 19.5. The Hall–Kier alpha value is -5.48. The Bertz CT molecular complexity index is 2830. The Morgan fingerprint density at radius 1 is 0.500 bits per heavy atom. The van der Waals surface area contributed by atoms with Gasteiger partial charge in [-0.05, 0) is 91.3 Å². The van der Waals surface area contributed by atoms with Gasteiger partial charge < -0.3 is 9.32 Å². The largest absolute Gasteiger partial charge is 0.439 e. The number of hydrogen-bond donors (Lipinski definition) is 0. The standard InChI is InChI=1S/C50H47BN2O/c1-48(2,3)31-23-25-39(36(26-31)30-16-11-10-12-17-30)52-40-27-32(49(4,5)6)22-24-37(40)51-38-20-15-19-35-44-34-18-13-14-21-43(34)54-47(44)53(46(35)38)42-29-33(50(7,8)9)28-41(52)45(42)51/h10-29H,1-9H3. The van der Waals surface area contributed by atoms with Crippen molar-refractivity contribution in [3.05, 3.63) is 138 Å². The van der Waals surface area contributed by atoms with Gasteiger partial charge in [0, 0.05) is 33.4 Å². The minimum atomic E-state index is -0.102. The van der Waals surface area contributed by atoms with Crippen LogP contribution in [0.2, 0.25) is 0 Å². The smallest absolute Gasteiger partial charge is 0.252 e. The zero-order valence-electron chi connectivity index (χ0n) is 32.9. The normalized spacial score (nSPS) is 13.9. The van der Waals surface area contributed by atoms with E-state index in [4.69, 9.17) is 4.42 Å². The van der Waals surface area contributed by atoms with Crippen LogP contribution in [0.15, 0.2) is 126 Å². The Labute approximate surface area is 319 Å². The molecule has 2 aromatic heterocycles. The predicted octanol–water partition coefficient (Wildman–Crippen LogP) is 11.7. The van der Waals surface area contributed by atoms with Crippen molar-refractivity contribution in [2.24, 2.45) is 0 Å². The zero-order valence-corrected chi connectivity index (χ0v) is 32.9. The van der Waals surface area contributed by atoms with Crippen molar-refractivity contribution >= 4 is 73.1 Å². The summed E-state index contributed by atoms with van der Waals surface area (Å²) in [5.41, 5.74) is 18.3. The van der Waals surface area contributed by atoms with Crippen LogP contribution < -0.4 is 21.3 Å². The summed E-state index contributed by atoms with van der Waals surface area (Å²) in [4.78, 5) is 2.61. The number of nitrogens with zero attached hydrogens (tertiary/aromatic N) is 2. The minimum absolute atomic E-state index is 0.000851. The molecule has 0 aliphatic carbocycles. The second-order valence-corrected chi connectivity index (χ2v) is 18.7. The third-order valence-electron chi connectivity index (χ3n) is 12.1. The fourth-order valence-corrected chi connectivity index (χ4v) is 9.11. The SMILES string of the molecule is CC(C)(C)c1ccc(N2c3cc(C(C)(C)C)ccc3B3c4c2cc(C(C)(C)C)cc4-n2c4oc5ccccc5c4c4cccc3c42)c(-c2ccccc2)c1. The fraction of sp³-hybridized carbons (Fsp3) is 0.240. The van der Waals surface area contributed by atoms with Crippen LogP contribution in [0.4, 0.5) is 17.1 Å². The maximum atomic E-state index is 6.86. The predicted molar refractivity (Wildman–Crippen MR) is 231 cm³/mol. The maximum Gasteiger partial charge on any atom is 0.252 e. The average Bonchev–Trinajstić information content (AvgIpc) is 3.67. The van der Waals surface area contributed by atoms with E-state index in [1.807, 2.05) is 0 Å². The van der Waals surface area contributed by atoms with Gasteiger partial charge in [0.25, 0.3) is 6.71 Å². The molecule has 10 rings (SSSR count). The molecule has 0 bridgehead atoms. The first-order chi connectivity index (χ1) is 25.7. The van der Waals surface area contributed by atoms with E-state index in [1.54, 1.807) is 0 Å².